The fourth-order valence-corrected chi connectivity index (χ4v) is 3.24. The number of rotatable bonds is 2. The van der Waals surface area contributed by atoms with Crippen LogP contribution in [0.5, 0.6) is 11.5 Å². The maximum atomic E-state index is 6.28. The first-order valence-corrected chi connectivity index (χ1v) is 7.80. The van der Waals surface area contributed by atoms with Gasteiger partial charge in [-0.1, -0.05) is 33.6 Å². The van der Waals surface area contributed by atoms with Crippen molar-refractivity contribution in [3.05, 3.63) is 57.0 Å². The summed E-state index contributed by atoms with van der Waals surface area (Å²) in [5.74, 6) is 1.52. The molecule has 0 saturated carbocycles. The Morgan fingerprint density at radius 3 is 2.81 bits per heavy atom. The van der Waals surface area contributed by atoms with E-state index in [1.54, 1.807) is 7.11 Å². The average Bonchev–Trinajstić information content (AvgIpc) is 2.49. The van der Waals surface area contributed by atoms with Crippen molar-refractivity contribution >= 4 is 27.5 Å². The minimum atomic E-state index is -0.132. The lowest BCUT2D eigenvalue weighted by Gasteiger charge is -2.31. The molecule has 0 fully saturated rings. The van der Waals surface area contributed by atoms with E-state index in [4.69, 9.17) is 26.8 Å². The quantitative estimate of drug-likeness (QED) is 0.840. The Morgan fingerprint density at radius 2 is 2.05 bits per heavy atom. The second kappa shape index (κ2) is 5.87. The number of nitrogens with two attached hydrogens (primary N) is 1. The molecule has 0 radical (unpaired) electrons. The van der Waals surface area contributed by atoms with E-state index < -0.39 is 0 Å². The number of hydrogen-bond acceptors (Lipinski definition) is 3. The minimum Gasteiger partial charge on any atom is -0.497 e. The second-order valence-corrected chi connectivity index (χ2v) is 6.31. The van der Waals surface area contributed by atoms with Crippen LogP contribution in [0.25, 0.3) is 0 Å². The van der Waals surface area contributed by atoms with Gasteiger partial charge in [0.15, 0.2) is 0 Å². The van der Waals surface area contributed by atoms with Crippen molar-refractivity contribution in [1.29, 1.82) is 0 Å². The first kappa shape index (κ1) is 14.7. The van der Waals surface area contributed by atoms with Crippen LogP contribution in [0, 0.1) is 0 Å². The van der Waals surface area contributed by atoms with Gasteiger partial charge in [-0.15, -0.1) is 0 Å². The number of fused-ring (bicyclic) bond motifs is 1. The van der Waals surface area contributed by atoms with Gasteiger partial charge in [0.25, 0.3) is 0 Å². The maximum Gasteiger partial charge on any atom is 0.128 e. The van der Waals surface area contributed by atoms with Crippen LogP contribution >= 0.6 is 27.5 Å². The van der Waals surface area contributed by atoms with Crippen LogP contribution in [0.2, 0.25) is 5.02 Å². The highest BCUT2D eigenvalue weighted by Gasteiger charge is 2.28. The minimum absolute atomic E-state index is 0.0736. The van der Waals surface area contributed by atoms with Gasteiger partial charge >= 0.3 is 0 Å². The number of hydrogen-bond donors (Lipinski definition) is 1. The van der Waals surface area contributed by atoms with Crippen molar-refractivity contribution in [2.75, 3.05) is 7.11 Å². The zero-order chi connectivity index (χ0) is 15.0. The van der Waals surface area contributed by atoms with Gasteiger partial charge in [0.1, 0.15) is 17.6 Å². The van der Waals surface area contributed by atoms with Crippen molar-refractivity contribution in [2.24, 2.45) is 5.73 Å². The number of benzene rings is 2. The summed E-state index contributed by atoms with van der Waals surface area (Å²) in [5.41, 5.74) is 8.30. The Balaban J connectivity index is 1.98. The molecule has 2 aromatic carbocycles. The molecule has 2 atom stereocenters. The summed E-state index contributed by atoms with van der Waals surface area (Å²) in [7, 11) is 1.63. The molecule has 0 aliphatic carbocycles. The van der Waals surface area contributed by atoms with E-state index in [0.29, 0.717) is 11.4 Å². The zero-order valence-corrected chi connectivity index (χ0v) is 13.8. The standard InChI is InChI=1S/C16H15BrClNO2/c1-20-10-3-4-11-14(19)8-16(21-15(11)7-10)12-6-9(18)2-5-13(12)17/h2-7,14,16H,8,19H2,1H3. The first-order chi connectivity index (χ1) is 10.1. The molecule has 0 spiro atoms. The van der Waals surface area contributed by atoms with Crippen molar-refractivity contribution in [3.8, 4) is 11.5 Å². The summed E-state index contributed by atoms with van der Waals surface area (Å²) in [4.78, 5) is 0. The van der Waals surface area contributed by atoms with Crippen molar-refractivity contribution in [1.82, 2.24) is 0 Å². The molecule has 2 N–H and O–H groups in total. The molecule has 2 aromatic rings. The lowest BCUT2D eigenvalue weighted by atomic mass is 9.93. The fraction of sp³-hybridized carbons (Fsp3) is 0.250. The lowest BCUT2D eigenvalue weighted by molar-refractivity contribution is 0.160. The summed E-state index contributed by atoms with van der Waals surface area (Å²) in [6, 6.07) is 11.3. The predicted molar refractivity (Wildman–Crippen MR) is 87.1 cm³/mol. The summed E-state index contributed by atoms with van der Waals surface area (Å²) >= 11 is 9.64. The van der Waals surface area contributed by atoms with E-state index in [1.807, 2.05) is 36.4 Å². The van der Waals surface area contributed by atoms with Gasteiger partial charge in [0.05, 0.1) is 7.11 Å². The van der Waals surface area contributed by atoms with Gasteiger partial charge in [-0.2, -0.15) is 0 Å². The third kappa shape index (κ3) is 2.89. The van der Waals surface area contributed by atoms with Crippen LogP contribution in [0.15, 0.2) is 40.9 Å². The highest BCUT2D eigenvalue weighted by Crippen LogP contribution is 2.43. The van der Waals surface area contributed by atoms with Crippen LogP contribution in [-0.4, -0.2) is 7.11 Å². The molecule has 0 aromatic heterocycles. The smallest absolute Gasteiger partial charge is 0.128 e. The molecule has 3 rings (SSSR count). The van der Waals surface area contributed by atoms with E-state index >= 15 is 0 Å². The molecule has 1 heterocycles. The third-order valence-electron chi connectivity index (χ3n) is 3.66. The molecule has 1 aliphatic rings. The fourth-order valence-electron chi connectivity index (χ4n) is 2.56. The van der Waals surface area contributed by atoms with Crippen molar-refractivity contribution in [2.45, 2.75) is 18.6 Å². The topological polar surface area (TPSA) is 44.5 Å². The molecule has 0 amide bonds. The predicted octanol–water partition coefficient (Wildman–Crippen LogP) is 4.63. The Labute approximate surface area is 137 Å². The van der Waals surface area contributed by atoms with Gasteiger partial charge in [-0.25, -0.2) is 0 Å². The van der Waals surface area contributed by atoms with Gasteiger partial charge in [-0.3, -0.25) is 0 Å². The number of methoxy groups -OCH3 is 1. The SMILES string of the molecule is COc1ccc2c(c1)OC(c1cc(Cl)ccc1Br)CC2N. The van der Waals surface area contributed by atoms with Gasteiger partial charge in [-0.05, 0) is 24.3 Å². The van der Waals surface area contributed by atoms with Crippen molar-refractivity contribution in [3.63, 3.8) is 0 Å². The van der Waals surface area contributed by atoms with Gasteiger partial charge in [0, 0.05) is 39.2 Å². The number of ether oxygens (including phenoxy) is 2. The summed E-state index contributed by atoms with van der Waals surface area (Å²) < 4.78 is 12.3. The molecule has 21 heavy (non-hydrogen) atoms. The maximum absolute atomic E-state index is 6.28. The molecular weight excluding hydrogens is 354 g/mol. The van der Waals surface area contributed by atoms with Crippen LogP contribution in [0.4, 0.5) is 0 Å². The molecule has 3 nitrogen and oxygen atoms in total. The molecular formula is C16H15BrClNO2. The molecule has 2 unspecified atom stereocenters. The van der Waals surface area contributed by atoms with Crippen LogP contribution < -0.4 is 15.2 Å². The van der Waals surface area contributed by atoms with E-state index in [2.05, 4.69) is 15.9 Å². The van der Waals surface area contributed by atoms with Gasteiger partial charge in [0.2, 0.25) is 0 Å². The normalized spacial score (nSPS) is 20.6. The van der Waals surface area contributed by atoms with Gasteiger partial charge < -0.3 is 15.2 Å². The Hall–Kier alpha value is -1.23. The molecule has 5 heteroatoms. The molecule has 1 aliphatic heterocycles. The average molecular weight is 369 g/mol. The summed E-state index contributed by atoms with van der Waals surface area (Å²) in [6.45, 7) is 0. The Bertz CT molecular complexity index is 677. The Morgan fingerprint density at radius 1 is 1.24 bits per heavy atom. The zero-order valence-electron chi connectivity index (χ0n) is 11.5. The first-order valence-electron chi connectivity index (χ1n) is 6.63. The van der Waals surface area contributed by atoms with Crippen LogP contribution in [-0.2, 0) is 0 Å². The molecule has 110 valence electrons. The summed E-state index contributed by atoms with van der Waals surface area (Å²) in [6.07, 6.45) is 0.575. The van der Waals surface area contributed by atoms with Crippen LogP contribution in [0.1, 0.15) is 29.7 Å². The van der Waals surface area contributed by atoms with E-state index in [0.717, 1.165) is 27.1 Å². The van der Waals surface area contributed by atoms with E-state index in [1.165, 1.54) is 0 Å². The highest BCUT2D eigenvalue weighted by molar-refractivity contribution is 9.10. The van der Waals surface area contributed by atoms with Crippen molar-refractivity contribution < 1.29 is 9.47 Å². The molecule has 0 bridgehead atoms. The van der Waals surface area contributed by atoms with E-state index in [9.17, 15) is 0 Å². The third-order valence-corrected chi connectivity index (χ3v) is 4.62. The largest absolute Gasteiger partial charge is 0.497 e. The number of halogens is 2. The Kier molecular flexibility index (Phi) is 4.11. The summed E-state index contributed by atoms with van der Waals surface area (Å²) in [5, 5.41) is 0.682. The monoisotopic (exact) mass is 367 g/mol. The highest BCUT2D eigenvalue weighted by atomic mass is 79.9. The second-order valence-electron chi connectivity index (χ2n) is 5.02. The van der Waals surface area contributed by atoms with E-state index in [-0.39, 0.29) is 12.1 Å². The lowest BCUT2D eigenvalue weighted by Crippen LogP contribution is -2.24. The van der Waals surface area contributed by atoms with Crippen LogP contribution in [0.3, 0.4) is 0 Å². The molecule has 0 saturated heterocycles.